The number of ether oxygens (including phenoxy) is 1. The van der Waals surface area contributed by atoms with Crippen molar-refractivity contribution in [3.05, 3.63) is 35.9 Å². The lowest BCUT2D eigenvalue weighted by atomic mass is 9.94. The van der Waals surface area contributed by atoms with Crippen LogP contribution in [0.25, 0.3) is 0 Å². The van der Waals surface area contributed by atoms with E-state index in [0.717, 1.165) is 20.3 Å². The predicted molar refractivity (Wildman–Crippen MR) is 75.6 cm³/mol. The molecule has 1 rings (SSSR count). The number of methoxy groups -OCH3 is 1. The van der Waals surface area contributed by atoms with Gasteiger partial charge >= 0.3 is 5.97 Å². The average molecular weight is 312 g/mol. The van der Waals surface area contributed by atoms with E-state index < -0.39 is 38.5 Å². The van der Waals surface area contributed by atoms with Gasteiger partial charge in [-0.2, -0.15) is 0 Å². The lowest BCUT2D eigenvalue weighted by molar-refractivity contribution is -0.148. The van der Waals surface area contributed by atoms with E-state index in [1.807, 2.05) is 0 Å². The molecule has 0 spiro atoms. The Morgan fingerprint density at radius 1 is 1.10 bits per heavy atom. The molecule has 1 aromatic carbocycles. The van der Waals surface area contributed by atoms with Crippen molar-refractivity contribution in [1.29, 1.82) is 0 Å². The summed E-state index contributed by atoms with van der Waals surface area (Å²) in [4.78, 5) is 35.8. The minimum atomic E-state index is -3.98. The fraction of sp³-hybridized carbons (Fsp3) is 0.357. The molecule has 0 fully saturated rings. The molecule has 0 bridgehead atoms. The Labute approximate surface area is 123 Å². The van der Waals surface area contributed by atoms with Crippen molar-refractivity contribution >= 4 is 27.4 Å². The van der Waals surface area contributed by atoms with Crippen LogP contribution in [0.5, 0.6) is 0 Å². The van der Waals surface area contributed by atoms with Crippen LogP contribution >= 0.6 is 0 Å². The maximum Gasteiger partial charge on any atom is 0.318 e. The number of benzene rings is 1. The van der Waals surface area contributed by atoms with Gasteiger partial charge in [0.1, 0.15) is 17.0 Å². The zero-order valence-corrected chi connectivity index (χ0v) is 12.7. The first-order valence-electron chi connectivity index (χ1n) is 6.06. The molecular weight excluding hydrogens is 296 g/mol. The number of sulfone groups is 1. The summed E-state index contributed by atoms with van der Waals surface area (Å²) in [5.74, 6) is -4.25. The summed E-state index contributed by atoms with van der Waals surface area (Å²) < 4.78 is 28.3. The Bertz CT molecular complexity index is 647. The topological polar surface area (TPSA) is 94.6 Å². The Morgan fingerprint density at radius 2 is 1.62 bits per heavy atom. The molecular formula is C14H16O6S. The van der Waals surface area contributed by atoms with Gasteiger partial charge in [0.05, 0.1) is 7.11 Å². The molecule has 7 heteroatoms. The molecule has 0 N–H and O–H groups in total. The maximum atomic E-state index is 12.4. The molecule has 1 aromatic rings. The van der Waals surface area contributed by atoms with Gasteiger partial charge in [0, 0.05) is 11.8 Å². The maximum absolute atomic E-state index is 12.4. The summed E-state index contributed by atoms with van der Waals surface area (Å²) in [6.07, 6.45) is 0.817. The highest BCUT2D eigenvalue weighted by Gasteiger charge is 2.44. The first-order chi connectivity index (χ1) is 9.70. The summed E-state index contributed by atoms with van der Waals surface area (Å²) >= 11 is 0. The summed E-state index contributed by atoms with van der Waals surface area (Å²) in [7, 11) is -2.95. The van der Waals surface area contributed by atoms with Gasteiger partial charge in [-0.3, -0.25) is 14.4 Å². The van der Waals surface area contributed by atoms with Crippen molar-refractivity contribution in [2.45, 2.75) is 12.2 Å². The van der Waals surface area contributed by atoms with Crippen LogP contribution in [-0.4, -0.2) is 44.6 Å². The highest BCUT2D eigenvalue weighted by atomic mass is 32.2. The molecule has 0 saturated heterocycles. The predicted octanol–water partition coefficient (Wildman–Crippen LogP) is 0.661. The lowest BCUT2D eigenvalue weighted by Crippen LogP contribution is -2.44. The summed E-state index contributed by atoms with van der Waals surface area (Å²) in [6, 6.07) is 7.64. The van der Waals surface area contributed by atoms with E-state index in [1.165, 1.54) is 12.1 Å². The van der Waals surface area contributed by atoms with Crippen molar-refractivity contribution in [1.82, 2.24) is 0 Å². The Kier molecular flexibility index (Phi) is 5.37. The second-order valence-electron chi connectivity index (χ2n) is 4.59. The molecule has 0 heterocycles. The van der Waals surface area contributed by atoms with Crippen LogP contribution in [0.3, 0.4) is 0 Å². The van der Waals surface area contributed by atoms with E-state index in [-0.39, 0.29) is 5.56 Å². The molecule has 0 radical (unpaired) electrons. The molecule has 21 heavy (non-hydrogen) atoms. The fourth-order valence-electron chi connectivity index (χ4n) is 1.99. The van der Waals surface area contributed by atoms with Crippen molar-refractivity contribution in [3.63, 3.8) is 0 Å². The van der Waals surface area contributed by atoms with Gasteiger partial charge in [0.2, 0.25) is 0 Å². The van der Waals surface area contributed by atoms with E-state index in [1.54, 1.807) is 18.2 Å². The first kappa shape index (κ1) is 17.0. The largest absolute Gasteiger partial charge is 0.468 e. The SMILES string of the molecule is COC(=O)C(C(C)=O)C(C(=O)c1ccccc1)S(C)(=O)=O. The number of hydrogen-bond donors (Lipinski definition) is 0. The van der Waals surface area contributed by atoms with Crippen LogP contribution in [0.15, 0.2) is 30.3 Å². The number of Topliss-reactive ketones (excluding diaryl/α,β-unsaturated/α-hetero) is 2. The number of ketones is 2. The zero-order valence-electron chi connectivity index (χ0n) is 11.9. The van der Waals surface area contributed by atoms with Gasteiger partial charge in [-0.05, 0) is 6.92 Å². The summed E-state index contributed by atoms with van der Waals surface area (Å²) in [5, 5.41) is -1.79. The van der Waals surface area contributed by atoms with E-state index in [2.05, 4.69) is 4.74 Å². The molecule has 6 nitrogen and oxygen atoms in total. The molecule has 0 amide bonds. The monoisotopic (exact) mass is 312 g/mol. The number of hydrogen-bond acceptors (Lipinski definition) is 6. The van der Waals surface area contributed by atoms with Gasteiger partial charge in [0.25, 0.3) is 0 Å². The molecule has 2 unspecified atom stereocenters. The van der Waals surface area contributed by atoms with Gasteiger partial charge in [-0.15, -0.1) is 0 Å². The third-order valence-corrected chi connectivity index (χ3v) is 4.38. The van der Waals surface area contributed by atoms with Gasteiger partial charge in [0.15, 0.2) is 15.6 Å². The average Bonchev–Trinajstić information content (AvgIpc) is 2.42. The third-order valence-electron chi connectivity index (χ3n) is 2.97. The fourth-order valence-corrected chi connectivity index (χ4v) is 3.31. The van der Waals surface area contributed by atoms with Crippen molar-refractivity contribution in [2.75, 3.05) is 13.4 Å². The molecule has 0 aliphatic carbocycles. The van der Waals surface area contributed by atoms with Gasteiger partial charge < -0.3 is 4.74 Å². The van der Waals surface area contributed by atoms with E-state index >= 15 is 0 Å². The molecule has 0 aromatic heterocycles. The van der Waals surface area contributed by atoms with Crippen molar-refractivity contribution in [3.8, 4) is 0 Å². The molecule has 2 atom stereocenters. The molecule has 114 valence electrons. The van der Waals surface area contributed by atoms with Crippen LogP contribution < -0.4 is 0 Å². The minimum Gasteiger partial charge on any atom is -0.468 e. The minimum absolute atomic E-state index is 0.114. The van der Waals surface area contributed by atoms with Gasteiger partial charge in [-0.25, -0.2) is 8.42 Å². The van der Waals surface area contributed by atoms with Crippen LogP contribution in [0, 0.1) is 5.92 Å². The molecule has 0 saturated carbocycles. The Hall–Kier alpha value is -2.02. The van der Waals surface area contributed by atoms with E-state index in [9.17, 15) is 22.8 Å². The van der Waals surface area contributed by atoms with Crippen LogP contribution in [-0.2, 0) is 24.2 Å². The van der Waals surface area contributed by atoms with Crippen LogP contribution in [0.4, 0.5) is 0 Å². The number of rotatable bonds is 6. The normalized spacial score (nSPS) is 14.0. The molecule has 0 aliphatic rings. The smallest absolute Gasteiger partial charge is 0.318 e. The van der Waals surface area contributed by atoms with Gasteiger partial charge in [-0.1, -0.05) is 30.3 Å². The number of carbonyl (C=O) groups excluding carboxylic acids is 3. The van der Waals surface area contributed by atoms with Crippen molar-refractivity contribution in [2.24, 2.45) is 5.92 Å². The first-order valence-corrected chi connectivity index (χ1v) is 8.02. The highest BCUT2D eigenvalue weighted by molar-refractivity contribution is 7.92. The summed E-state index contributed by atoms with van der Waals surface area (Å²) in [6.45, 7) is 1.05. The van der Waals surface area contributed by atoms with Crippen LogP contribution in [0.1, 0.15) is 17.3 Å². The zero-order chi connectivity index (χ0) is 16.2. The van der Waals surface area contributed by atoms with Crippen LogP contribution in [0.2, 0.25) is 0 Å². The second kappa shape index (κ2) is 6.62. The number of carbonyl (C=O) groups is 3. The Balaban J connectivity index is 3.39. The quantitative estimate of drug-likeness (QED) is 0.435. The standard InChI is InChI=1S/C14H16O6S/c1-9(15)11(14(17)20-2)13(21(3,18)19)12(16)10-7-5-4-6-8-10/h4-8,11,13H,1-3H3. The summed E-state index contributed by atoms with van der Waals surface area (Å²) in [5.41, 5.74) is 0.114. The number of esters is 1. The van der Waals surface area contributed by atoms with E-state index in [4.69, 9.17) is 0 Å². The molecule has 0 aliphatic heterocycles. The Morgan fingerprint density at radius 3 is 2.00 bits per heavy atom. The lowest BCUT2D eigenvalue weighted by Gasteiger charge is -2.20. The highest BCUT2D eigenvalue weighted by Crippen LogP contribution is 2.20. The van der Waals surface area contributed by atoms with Crippen molar-refractivity contribution < 1.29 is 27.5 Å². The van der Waals surface area contributed by atoms with E-state index in [0.29, 0.717) is 0 Å². The third kappa shape index (κ3) is 3.98. The second-order valence-corrected chi connectivity index (χ2v) is 6.76.